The van der Waals surface area contributed by atoms with Gasteiger partial charge in [0.1, 0.15) is 16.4 Å². The van der Waals surface area contributed by atoms with E-state index in [1.165, 1.54) is 23.7 Å². The Labute approximate surface area is 146 Å². The van der Waals surface area contributed by atoms with Crippen LogP contribution in [0.25, 0.3) is 0 Å². The van der Waals surface area contributed by atoms with Crippen LogP contribution in [0.1, 0.15) is 10.5 Å². The molecule has 1 aromatic heterocycles. The molecule has 0 saturated heterocycles. The number of aromatic nitrogens is 1. The molecule has 0 fully saturated rings. The lowest BCUT2D eigenvalue weighted by molar-refractivity contribution is 0.101. The monoisotopic (exact) mass is 395 g/mol. The van der Waals surface area contributed by atoms with Gasteiger partial charge in [-0.05, 0) is 24.3 Å². The van der Waals surface area contributed by atoms with E-state index in [2.05, 4.69) is 5.32 Å². The SMILES string of the molecule is Cn1cc(S(=O)(=O)NCC(F)F)cc1C(=O)Nc1ccc(F)c(Cl)c1. The number of halogens is 4. The van der Waals surface area contributed by atoms with Crippen LogP contribution in [0.5, 0.6) is 0 Å². The van der Waals surface area contributed by atoms with Crippen molar-refractivity contribution in [2.45, 2.75) is 11.3 Å². The molecule has 0 unspecified atom stereocenters. The fourth-order valence-corrected chi connectivity index (χ4v) is 3.19. The van der Waals surface area contributed by atoms with Crippen molar-refractivity contribution >= 4 is 33.2 Å². The molecule has 0 aliphatic heterocycles. The lowest BCUT2D eigenvalue weighted by Gasteiger charge is -2.06. The Hall–Kier alpha value is -2.04. The number of benzene rings is 1. The third kappa shape index (κ3) is 4.74. The molecule has 2 N–H and O–H groups in total. The van der Waals surface area contributed by atoms with Crippen LogP contribution >= 0.6 is 11.6 Å². The average molecular weight is 396 g/mol. The van der Waals surface area contributed by atoms with Crippen molar-refractivity contribution in [3.05, 3.63) is 47.0 Å². The van der Waals surface area contributed by atoms with Crippen LogP contribution in [0.4, 0.5) is 18.9 Å². The van der Waals surface area contributed by atoms with Crippen molar-refractivity contribution in [2.24, 2.45) is 7.05 Å². The number of sulfonamides is 1. The molecule has 1 aromatic carbocycles. The number of hydrogen-bond donors (Lipinski definition) is 2. The zero-order valence-corrected chi connectivity index (χ0v) is 14.3. The molecule has 0 atom stereocenters. The molecular weight excluding hydrogens is 383 g/mol. The standard InChI is InChI=1S/C14H13ClF3N3O3S/c1-21-7-9(25(23,24)19-6-13(17)18)5-12(21)14(22)20-8-2-3-11(16)10(15)4-8/h2-5,7,13,19H,6H2,1H3,(H,20,22). The van der Waals surface area contributed by atoms with Crippen LogP contribution in [0.2, 0.25) is 5.02 Å². The van der Waals surface area contributed by atoms with Crippen LogP contribution in [-0.4, -0.2) is 31.9 Å². The van der Waals surface area contributed by atoms with Crippen molar-refractivity contribution in [3.8, 4) is 0 Å². The molecular formula is C14H13ClF3N3O3S. The van der Waals surface area contributed by atoms with E-state index in [1.807, 2.05) is 0 Å². The summed E-state index contributed by atoms with van der Waals surface area (Å²) >= 11 is 5.62. The highest BCUT2D eigenvalue weighted by Crippen LogP contribution is 2.21. The minimum atomic E-state index is -4.18. The lowest BCUT2D eigenvalue weighted by Crippen LogP contribution is -2.28. The number of rotatable bonds is 6. The number of amides is 1. The van der Waals surface area contributed by atoms with E-state index in [-0.39, 0.29) is 21.3 Å². The minimum absolute atomic E-state index is 0.0436. The number of carbonyl (C=O) groups is 1. The largest absolute Gasteiger partial charge is 0.345 e. The number of aryl methyl sites for hydroxylation is 1. The summed E-state index contributed by atoms with van der Waals surface area (Å²) < 4.78 is 64.2. The molecule has 0 bridgehead atoms. The van der Waals surface area contributed by atoms with Gasteiger partial charge in [-0.1, -0.05) is 11.6 Å². The Balaban J connectivity index is 2.21. The summed E-state index contributed by atoms with van der Waals surface area (Å²) in [6.45, 7) is -1.03. The third-order valence-corrected chi connectivity index (χ3v) is 4.81. The summed E-state index contributed by atoms with van der Waals surface area (Å²) in [4.78, 5) is 11.9. The van der Waals surface area contributed by atoms with Gasteiger partial charge in [0.15, 0.2) is 0 Å². The molecule has 11 heteroatoms. The molecule has 1 heterocycles. The normalized spacial score (nSPS) is 11.8. The number of carbonyl (C=O) groups excluding carboxylic acids is 1. The summed E-state index contributed by atoms with van der Waals surface area (Å²) in [5, 5.41) is 2.25. The lowest BCUT2D eigenvalue weighted by atomic mass is 10.3. The van der Waals surface area contributed by atoms with Gasteiger partial charge in [0.05, 0.1) is 11.6 Å². The van der Waals surface area contributed by atoms with E-state index in [1.54, 1.807) is 4.72 Å². The number of nitrogens with zero attached hydrogens (tertiary/aromatic N) is 1. The van der Waals surface area contributed by atoms with Gasteiger partial charge in [-0.25, -0.2) is 26.3 Å². The highest BCUT2D eigenvalue weighted by atomic mass is 35.5. The summed E-state index contributed by atoms with van der Waals surface area (Å²) in [6, 6.07) is 4.57. The number of hydrogen-bond acceptors (Lipinski definition) is 3. The molecule has 0 aliphatic rings. The van der Waals surface area contributed by atoms with Gasteiger partial charge in [-0.15, -0.1) is 0 Å². The summed E-state index contributed by atoms with van der Waals surface area (Å²) in [7, 11) is -2.76. The minimum Gasteiger partial charge on any atom is -0.345 e. The zero-order chi connectivity index (χ0) is 18.8. The second kappa shape index (κ2) is 7.46. The van der Waals surface area contributed by atoms with E-state index in [4.69, 9.17) is 11.6 Å². The van der Waals surface area contributed by atoms with Crippen molar-refractivity contribution < 1.29 is 26.4 Å². The summed E-state index contributed by atoms with van der Waals surface area (Å²) in [5.41, 5.74) is 0.163. The van der Waals surface area contributed by atoms with Crippen LogP contribution in [0.15, 0.2) is 35.4 Å². The van der Waals surface area contributed by atoms with E-state index < -0.39 is 34.7 Å². The number of nitrogens with one attached hydrogen (secondary N) is 2. The fraction of sp³-hybridized carbons (Fsp3) is 0.214. The summed E-state index contributed by atoms with van der Waals surface area (Å²) in [5.74, 6) is -1.34. The fourth-order valence-electron chi connectivity index (χ4n) is 1.93. The molecule has 1 amide bonds. The molecule has 6 nitrogen and oxygen atoms in total. The quantitative estimate of drug-likeness (QED) is 0.789. The Bertz CT molecular complexity index is 900. The van der Waals surface area contributed by atoms with Gasteiger partial charge >= 0.3 is 0 Å². The van der Waals surface area contributed by atoms with Crippen molar-refractivity contribution in [2.75, 3.05) is 11.9 Å². The Morgan fingerprint density at radius 1 is 1.32 bits per heavy atom. The number of anilines is 1. The molecule has 0 radical (unpaired) electrons. The summed E-state index contributed by atoms with van der Waals surface area (Å²) in [6.07, 6.45) is -1.73. The first-order valence-electron chi connectivity index (χ1n) is 6.80. The Kier molecular flexibility index (Phi) is 5.76. The van der Waals surface area contributed by atoms with Crippen LogP contribution < -0.4 is 10.0 Å². The smallest absolute Gasteiger partial charge is 0.272 e. The average Bonchev–Trinajstić information content (AvgIpc) is 2.92. The topological polar surface area (TPSA) is 80.2 Å². The van der Waals surface area contributed by atoms with Crippen LogP contribution in [0.3, 0.4) is 0 Å². The predicted octanol–water partition coefficient (Wildman–Crippen LogP) is 2.61. The molecule has 0 aliphatic carbocycles. The highest BCUT2D eigenvalue weighted by Gasteiger charge is 2.21. The van der Waals surface area contributed by atoms with Crippen molar-refractivity contribution in [1.82, 2.24) is 9.29 Å². The van der Waals surface area contributed by atoms with E-state index in [9.17, 15) is 26.4 Å². The second-order valence-electron chi connectivity index (χ2n) is 5.00. The van der Waals surface area contributed by atoms with Crippen molar-refractivity contribution in [3.63, 3.8) is 0 Å². The van der Waals surface area contributed by atoms with Gasteiger partial charge in [0.25, 0.3) is 12.3 Å². The maximum atomic E-state index is 13.1. The predicted molar refractivity (Wildman–Crippen MR) is 86.0 cm³/mol. The second-order valence-corrected chi connectivity index (χ2v) is 7.17. The first-order valence-corrected chi connectivity index (χ1v) is 8.67. The Morgan fingerprint density at radius 3 is 2.60 bits per heavy atom. The maximum Gasteiger partial charge on any atom is 0.272 e. The third-order valence-electron chi connectivity index (χ3n) is 3.13. The van der Waals surface area contributed by atoms with Gasteiger partial charge < -0.3 is 9.88 Å². The van der Waals surface area contributed by atoms with E-state index in [0.29, 0.717) is 0 Å². The van der Waals surface area contributed by atoms with Gasteiger partial charge in [-0.2, -0.15) is 0 Å². The number of alkyl halides is 2. The molecule has 136 valence electrons. The zero-order valence-electron chi connectivity index (χ0n) is 12.8. The van der Waals surface area contributed by atoms with Gasteiger partial charge in [0, 0.05) is 18.9 Å². The maximum absolute atomic E-state index is 13.1. The highest BCUT2D eigenvalue weighted by molar-refractivity contribution is 7.89. The molecule has 2 aromatic rings. The van der Waals surface area contributed by atoms with Gasteiger partial charge in [-0.3, -0.25) is 4.79 Å². The van der Waals surface area contributed by atoms with E-state index >= 15 is 0 Å². The van der Waals surface area contributed by atoms with E-state index in [0.717, 1.165) is 18.3 Å². The Morgan fingerprint density at radius 2 is 2.00 bits per heavy atom. The van der Waals surface area contributed by atoms with Gasteiger partial charge in [0.2, 0.25) is 10.0 Å². The molecule has 25 heavy (non-hydrogen) atoms. The van der Waals surface area contributed by atoms with Crippen molar-refractivity contribution in [1.29, 1.82) is 0 Å². The molecule has 2 rings (SSSR count). The molecule has 0 saturated carbocycles. The first kappa shape index (κ1) is 19.3. The first-order chi connectivity index (χ1) is 11.6. The molecule has 0 spiro atoms. The van der Waals surface area contributed by atoms with Crippen LogP contribution in [0, 0.1) is 5.82 Å². The van der Waals surface area contributed by atoms with Crippen LogP contribution in [-0.2, 0) is 17.1 Å².